The predicted molar refractivity (Wildman–Crippen MR) is 83.6 cm³/mol. The van der Waals surface area contributed by atoms with Gasteiger partial charge in [0.25, 0.3) is 5.91 Å². The molecule has 0 unspecified atom stereocenters. The van der Waals surface area contributed by atoms with Crippen LogP contribution in [0.5, 0.6) is 5.75 Å². The van der Waals surface area contributed by atoms with Crippen molar-refractivity contribution in [2.24, 2.45) is 0 Å². The number of carbonyl (C=O) groups is 2. The molecule has 2 aromatic carbocycles. The van der Waals surface area contributed by atoms with Crippen molar-refractivity contribution in [3.05, 3.63) is 63.7 Å². The van der Waals surface area contributed by atoms with Gasteiger partial charge in [0, 0.05) is 11.6 Å². The molecule has 1 amide bonds. The van der Waals surface area contributed by atoms with Crippen LogP contribution < -0.4 is 10.1 Å². The standard InChI is InChI=1S/C16H12F2N2O5/c1-9(16(22)19-15-11(17)3-2-4-12(15)18)25-14-6-5-10(8-21)7-13(14)20(23)24/h2-9H,1H3,(H,19,22)/t9-/m0/s1. The second kappa shape index (κ2) is 7.47. The zero-order valence-electron chi connectivity index (χ0n) is 12.9. The topological polar surface area (TPSA) is 98.5 Å². The highest BCUT2D eigenvalue weighted by Gasteiger charge is 2.23. The maximum atomic E-state index is 13.5. The van der Waals surface area contributed by atoms with Gasteiger partial charge >= 0.3 is 5.69 Å². The molecular formula is C16H12F2N2O5. The van der Waals surface area contributed by atoms with Crippen molar-refractivity contribution in [2.75, 3.05) is 5.32 Å². The van der Waals surface area contributed by atoms with Crippen molar-refractivity contribution in [3.63, 3.8) is 0 Å². The molecule has 0 saturated heterocycles. The number of nitrogens with zero attached hydrogens (tertiary/aromatic N) is 1. The summed E-state index contributed by atoms with van der Waals surface area (Å²) in [6, 6.07) is 6.49. The first kappa shape index (κ1) is 18.0. The van der Waals surface area contributed by atoms with E-state index in [9.17, 15) is 28.5 Å². The van der Waals surface area contributed by atoms with Crippen molar-refractivity contribution in [1.82, 2.24) is 0 Å². The van der Waals surface area contributed by atoms with E-state index in [4.69, 9.17) is 4.74 Å². The van der Waals surface area contributed by atoms with E-state index in [1.54, 1.807) is 0 Å². The number of para-hydroxylation sites is 1. The monoisotopic (exact) mass is 350 g/mol. The summed E-state index contributed by atoms with van der Waals surface area (Å²) in [7, 11) is 0. The summed E-state index contributed by atoms with van der Waals surface area (Å²) in [5.41, 5.74) is -1.10. The molecule has 130 valence electrons. The summed E-state index contributed by atoms with van der Waals surface area (Å²) in [5.74, 6) is -3.10. The van der Waals surface area contributed by atoms with Crippen LogP contribution in [0.2, 0.25) is 0 Å². The van der Waals surface area contributed by atoms with Crippen molar-refractivity contribution < 1.29 is 28.0 Å². The molecular weight excluding hydrogens is 338 g/mol. The molecule has 0 saturated carbocycles. The lowest BCUT2D eigenvalue weighted by Crippen LogP contribution is -2.31. The predicted octanol–water partition coefficient (Wildman–Crippen LogP) is 3.09. The number of hydrogen-bond donors (Lipinski definition) is 1. The van der Waals surface area contributed by atoms with E-state index in [-0.39, 0.29) is 11.3 Å². The Hall–Kier alpha value is -3.36. The summed E-state index contributed by atoms with van der Waals surface area (Å²) >= 11 is 0. The van der Waals surface area contributed by atoms with Crippen LogP contribution in [0.3, 0.4) is 0 Å². The van der Waals surface area contributed by atoms with Crippen molar-refractivity contribution in [1.29, 1.82) is 0 Å². The molecule has 7 nitrogen and oxygen atoms in total. The Labute approximate surface area is 140 Å². The summed E-state index contributed by atoms with van der Waals surface area (Å²) in [4.78, 5) is 33.0. The van der Waals surface area contributed by atoms with Crippen LogP contribution in [-0.4, -0.2) is 23.2 Å². The third-order valence-electron chi connectivity index (χ3n) is 3.20. The SMILES string of the molecule is C[C@H](Oc1ccc(C=O)cc1[N+](=O)[O-])C(=O)Nc1c(F)cccc1F. The Bertz CT molecular complexity index is 821. The zero-order valence-corrected chi connectivity index (χ0v) is 12.9. The molecule has 0 spiro atoms. The minimum absolute atomic E-state index is 0.0598. The summed E-state index contributed by atoms with van der Waals surface area (Å²) in [5, 5.41) is 13.1. The number of rotatable bonds is 6. The Morgan fingerprint density at radius 3 is 2.48 bits per heavy atom. The highest BCUT2D eigenvalue weighted by Crippen LogP contribution is 2.28. The van der Waals surface area contributed by atoms with Crippen LogP contribution in [0, 0.1) is 21.7 Å². The van der Waals surface area contributed by atoms with Gasteiger partial charge in [-0.15, -0.1) is 0 Å². The lowest BCUT2D eigenvalue weighted by Gasteiger charge is -2.15. The molecule has 0 bridgehead atoms. The number of amides is 1. The molecule has 0 aliphatic heterocycles. The maximum Gasteiger partial charge on any atom is 0.311 e. The van der Waals surface area contributed by atoms with E-state index in [0.717, 1.165) is 30.3 Å². The smallest absolute Gasteiger partial charge is 0.311 e. The molecule has 1 N–H and O–H groups in total. The van der Waals surface area contributed by atoms with Gasteiger partial charge in [-0.1, -0.05) is 6.07 Å². The van der Waals surface area contributed by atoms with Gasteiger partial charge in [0.05, 0.1) is 4.92 Å². The minimum atomic E-state index is -1.29. The van der Waals surface area contributed by atoms with Crippen LogP contribution in [-0.2, 0) is 4.79 Å². The van der Waals surface area contributed by atoms with Crippen LogP contribution >= 0.6 is 0 Å². The quantitative estimate of drug-likeness (QED) is 0.490. The van der Waals surface area contributed by atoms with Crippen LogP contribution in [0.1, 0.15) is 17.3 Å². The van der Waals surface area contributed by atoms with E-state index >= 15 is 0 Å². The van der Waals surface area contributed by atoms with E-state index in [2.05, 4.69) is 0 Å². The summed E-state index contributed by atoms with van der Waals surface area (Å²) in [6.07, 6.45) is -0.867. The summed E-state index contributed by atoms with van der Waals surface area (Å²) < 4.78 is 32.3. The third kappa shape index (κ3) is 4.14. The van der Waals surface area contributed by atoms with Crippen LogP contribution in [0.4, 0.5) is 20.2 Å². The molecule has 2 rings (SSSR count). The van der Waals surface area contributed by atoms with Crippen LogP contribution in [0.25, 0.3) is 0 Å². The number of carbonyl (C=O) groups excluding carboxylic acids is 2. The number of ether oxygens (including phenoxy) is 1. The van der Waals surface area contributed by atoms with Crippen molar-refractivity contribution in [3.8, 4) is 5.75 Å². The van der Waals surface area contributed by atoms with Gasteiger partial charge in [-0.25, -0.2) is 8.78 Å². The average Bonchev–Trinajstić information content (AvgIpc) is 2.58. The van der Waals surface area contributed by atoms with E-state index in [1.165, 1.54) is 13.0 Å². The molecule has 0 aliphatic carbocycles. The number of benzene rings is 2. The number of nitrogens with one attached hydrogen (secondary N) is 1. The molecule has 0 aromatic heterocycles. The molecule has 1 atom stereocenters. The number of aldehydes is 1. The molecule has 0 aliphatic rings. The number of nitro benzene ring substituents is 1. The van der Waals surface area contributed by atoms with Gasteiger partial charge in [0.2, 0.25) is 0 Å². The fourth-order valence-corrected chi connectivity index (χ4v) is 1.94. The second-order valence-corrected chi connectivity index (χ2v) is 4.95. The second-order valence-electron chi connectivity index (χ2n) is 4.95. The normalized spacial score (nSPS) is 11.5. The van der Waals surface area contributed by atoms with Gasteiger partial charge in [-0.3, -0.25) is 19.7 Å². The van der Waals surface area contributed by atoms with E-state index in [0.29, 0.717) is 6.29 Å². The summed E-state index contributed by atoms with van der Waals surface area (Å²) in [6.45, 7) is 1.26. The lowest BCUT2D eigenvalue weighted by molar-refractivity contribution is -0.386. The molecule has 2 aromatic rings. The van der Waals surface area contributed by atoms with Gasteiger partial charge in [0.1, 0.15) is 23.6 Å². The molecule has 25 heavy (non-hydrogen) atoms. The minimum Gasteiger partial charge on any atom is -0.474 e. The Morgan fingerprint density at radius 2 is 1.92 bits per heavy atom. The Kier molecular flexibility index (Phi) is 5.38. The Morgan fingerprint density at radius 1 is 1.28 bits per heavy atom. The van der Waals surface area contributed by atoms with E-state index < -0.39 is 39.9 Å². The lowest BCUT2D eigenvalue weighted by atomic mass is 10.2. The van der Waals surface area contributed by atoms with Gasteiger partial charge < -0.3 is 10.1 Å². The average molecular weight is 350 g/mol. The zero-order chi connectivity index (χ0) is 18.6. The number of hydrogen-bond acceptors (Lipinski definition) is 5. The maximum absolute atomic E-state index is 13.5. The fourth-order valence-electron chi connectivity index (χ4n) is 1.94. The first-order valence-electron chi connectivity index (χ1n) is 6.98. The molecule has 0 fully saturated rings. The Balaban J connectivity index is 2.19. The van der Waals surface area contributed by atoms with Gasteiger partial charge in [-0.2, -0.15) is 0 Å². The number of anilines is 1. The molecule has 0 radical (unpaired) electrons. The van der Waals surface area contributed by atoms with Crippen LogP contribution in [0.15, 0.2) is 36.4 Å². The molecule has 0 heterocycles. The fraction of sp³-hybridized carbons (Fsp3) is 0.125. The largest absolute Gasteiger partial charge is 0.474 e. The van der Waals surface area contributed by atoms with Gasteiger partial charge in [0.15, 0.2) is 11.9 Å². The highest BCUT2D eigenvalue weighted by molar-refractivity contribution is 5.94. The molecule has 9 heteroatoms. The van der Waals surface area contributed by atoms with Gasteiger partial charge in [-0.05, 0) is 31.2 Å². The highest BCUT2D eigenvalue weighted by atomic mass is 19.1. The van der Waals surface area contributed by atoms with Crippen molar-refractivity contribution >= 4 is 23.6 Å². The third-order valence-corrected chi connectivity index (χ3v) is 3.20. The number of nitro groups is 1. The number of halogens is 2. The van der Waals surface area contributed by atoms with Crippen molar-refractivity contribution in [2.45, 2.75) is 13.0 Å². The first-order valence-corrected chi connectivity index (χ1v) is 6.98. The first-order chi connectivity index (χ1) is 11.8. The van der Waals surface area contributed by atoms with E-state index in [1.807, 2.05) is 5.32 Å².